The minimum absolute atomic E-state index is 0.132. The van der Waals surface area contributed by atoms with E-state index in [9.17, 15) is 9.90 Å². The lowest BCUT2D eigenvalue weighted by molar-refractivity contribution is -0.131. The Morgan fingerprint density at radius 1 is 1.45 bits per heavy atom. The molecule has 2 heterocycles. The third-order valence-electron chi connectivity index (χ3n) is 4.09. The average molecular weight is 272 g/mol. The molecule has 0 saturated carbocycles. The number of likely N-dealkylation sites (tertiary alicyclic amines) is 1. The molecule has 1 unspecified atom stereocenters. The van der Waals surface area contributed by atoms with Gasteiger partial charge in [-0.15, -0.1) is 0 Å². The quantitative estimate of drug-likeness (QED) is 0.899. The number of hydrogen-bond acceptors (Lipinski definition) is 2. The molecule has 106 valence electrons. The van der Waals surface area contributed by atoms with Crippen LogP contribution in [0.2, 0.25) is 0 Å². The first kappa shape index (κ1) is 13.2. The Hall–Kier alpha value is -1.81. The number of carbonyl (C=O) groups excluding carboxylic acids is 1. The first-order valence-corrected chi connectivity index (χ1v) is 7.10. The van der Waals surface area contributed by atoms with Gasteiger partial charge in [0.1, 0.15) is 0 Å². The van der Waals surface area contributed by atoms with Crippen molar-refractivity contribution >= 4 is 16.8 Å². The fourth-order valence-electron chi connectivity index (χ4n) is 2.90. The van der Waals surface area contributed by atoms with Gasteiger partial charge in [0.2, 0.25) is 5.91 Å². The van der Waals surface area contributed by atoms with Crippen LogP contribution < -0.4 is 0 Å². The first-order valence-electron chi connectivity index (χ1n) is 7.10. The molecule has 0 spiro atoms. The summed E-state index contributed by atoms with van der Waals surface area (Å²) in [6, 6.07) is 8.13. The lowest BCUT2D eigenvalue weighted by atomic mass is 10.1. The molecule has 20 heavy (non-hydrogen) atoms. The van der Waals surface area contributed by atoms with Crippen LogP contribution in [0.1, 0.15) is 25.3 Å². The predicted molar refractivity (Wildman–Crippen MR) is 78.4 cm³/mol. The number of hydrogen-bond donors (Lipinski definition) is 2. The van der Waals surface area contributed by atoms with Gasteiger partial charge in [0, 0.05) is 36.6 Å². The zero-order valence-corrected chi connectivity index (χ0v) is 11.7. The van der Waals surface area contributed by atoms with E-state index in [0.717, 1.165) is 11.9 Å². The van der Waals surface area contributed by atoms with Gasteiger partial charge in [-0.25, -0.2) is 0 Å². The number of aromatic amines is 1. The smallest absolute Gasteiger partial charge is 0.223 e. The summed E-state index contributed by atoms with van der Waals surface area (Å²) in [5.74, 6) is 0.132. The Kier molecular flexibility index (Phi) is 3.26. The monoisotopic (exact) mass is 272 g/mol. The van der Waals surface area contributed by atoms with Crippen molar-refractivity contribution in [2.75, 3.05) is 13.1 Å². The highest BCUT2D eigenvalue weighted by molar-refractivity contribution is 5.84. The molecule has 1 aromatic carbocycles. The van der Waals surface area contributed by atoms with Crippen LogP contribution >= 0.6 is 0 Å². The topological polar surface area (TPSA) is 56.3 Å². The number of rotatable bonds is 3. The molecule has 2 N–H and O–H groups in total. The average Bonchev–Trinajstić information content (AvgIpc) is 2.99. The van der Waals surface area contributed by atoms with Gasteiger partial charge in [-0.1, -0.05) is 18.2 Å². The molecule has 1 aliphatic rings. The fraction of sp³-hybridized carbons (Fsp3) is 0.438. The number of benzene rings is 1. The Balaban J connectivity index is 1.64. The zero-order chi connectivity index (χ0) is 14.2. The largest absolute Gasteiger partial charge is 0.388 e. The van der Waals surface area contributed by atoms with Crippen LogP contribution in [0.15, 0.2) is 30.5 Å². The van der Waals surface area contributed by atoms with E-state index in [-0.39, 0.29) is 5.91 Å². The maximum absolute atomic E-state index is 12.2. The number of amides is 1. The molecule has 2 aromatic rings. The van der Waals surface area contributed by atoms with Crippen molar-refractivity contribution in [2.24, 2.45) is 0 Å². The Labute approximate surface area is 118 Å². The highest BCUT2D eigenvalue weighted by Crippen LogP contribution is 2.23. The maximum atomic E-state index is 12.2. The lowest BCUT2D eigenvalue weighted by Crippen LogP contribution is -2.33. The Bertz CT molecular complexity index is 630. The van der Waals surface area contributed by atoms with Gasteiger partial charge in [0.25, 0.3) is 0 Å². The number of para-hydroxylation sites is 1. The van der Waals surface area contributed by atoms with E-state index in [0.29, 0.717) is 25.9 Å². The van der Waals surface area contributed by atoms with Gasteiger partial charge in [-0.2, -0.15) is 0 Å². The summed E-state index contributed by atoms with van der Waals surface area (Å²) >= 11 is 0. The molecular formula is C16H20N2O2. The second-order valence-corrected chi connectivity index (χ2v) is 5.92. The SMILES string of the molecule is CC1(O)CCN(C(=O)CCc2c[nH]c3ccccc23)C1. The molecule has 4 heteroatoms. The fourth-order valence-corrected chi connectivity index (χ4v) is 2.90. The Morgan fingerprint density at radius 2 is 2.25 bits per heavy atom. The summed E-state index contributed by atoms with van der Waals surface area (Å²) in [5, 5.41) is 11.1. The van der Waals surface area contributed by atoms with Crippen molar-refractivity contribution in [3.8, 4) is 0 Å². The second kappa shape index (κ2) is 4.94. The summed E-state index contributed by atoms with van der Waals surface area (Å²) in [5.41, 5.74) is 1.58. The van der Waals surface area contributed by atoms with Crippen molar-refractivity contribution < 1.29 is 9.90 Å². The van der Waals surface area contributed by atoms with Gasteiger partial charge in [-0.05, 0) is 31.4 Å². The van der Waals surface area contributed by atoms with Crippen LogP contribution in [0.4, 0.5) is 0 Å². The molecule has 1 fully saturated rings. The molecule has 0 radical (unpaired) electrons. The number of carbonyl (C=O) groups is 1. The van der Waals surface area contributed by atoms with Crippen LogP contribution in [-0.4, -0.2) is 39.6 Å². The summed E-state index contributed by atoms with van der Waals surface area (Å²) in [4.78, 5) is 17.2. The molecule has 4 nitrogen and oxygen atoms in total. The van der Waals surface area contributed by atoms with Crippen LogP contribution in [0.5, 0.6) is 0 Å². The molecular weight excluding hydrogens is 252 g/mol. The van der Waals surface area contributed by atoms with Crippen molar-refractivity contribution in [1.29, 1.82) is 0 Å². The third-order valence-corrected chi connectivity index (χ3v) is 4.09. The van der Waals surface area contributed by atoms with Crippen molar-refractivity contribution in [3.63, 3.8) is 0 Å². The number of β-amino-alcohol motifs (C(OH)–C–C–N with tert-alkyl or cyclic N) is 1. The minimum atomic E-state index is -0.712. The highest BCUT2D eigenvalue weighted by Gasteiger charge is 2.33. The van der Waals surface area contributed by atoms with Crippen molar-refractivity contribution in [3.05, 3.63) is 36.0 Å². The molecule has 1 saturated heterocycles. The standard InChI is InChI=1S/C16H20N2O2/c1-16(20)8-9-18(11-16)15(19)7-6-12-10-17-14-5-3-2-4-13(12)14/h2-5,10,17,20H,6-9,11H2,1H3. The van der Waals surface area contributed by atoms with E-state index < -0.39 is 5.60 Å². The van der Waals surface area contributed by atoms with Gasteiger partial charge >= 0.3 is 0 Å². The van der Waals surface area contributed by atoms with Crippen LogP contribution in [-0.2, 0) is 11.2 Å². The normalized spacial score (nSPS) is 22.6. The van der Waals surface area contributed by atoms with Crippen LogP contribution in [0.25, 0.3) is 10.9 Å². The van der Waals surface area contributed by atoms with E-state index in [4.69, 9.17) is 0 Å². The van der Waals surface area contributed by atoms with E-state index in [1.807, 2.05) is 24.4 Å². The van der Waals surface area contributed by atoms with Gasteiger partial charge in [0.15, 0.2) is 0 Å². The summed E-state index contributed by atoms with van der Waals surface area (Å²) < 4.78 is 0. The number of nitrogens with zero attached hydrogens (tertiary/aromatic N) is 1. The van der Waals surface area contributed by atoms with Gasteiger partial charge in [-0.3, -0.25) is 4.79 Å². The van der Waals surface area contributed by atoms with E-state index in [2.05, 4.69) is 11.1 Å². The van der Waals surface area contributed by atoms with Crippen LogP contribution in [0, 0.1) is 0 Å². The number of aromatic nitrogens is 1. The molecule has 1 aromatic heterocycles. The summed E-state index contributed by atoms with van der Waals surface area (Å²) in [7, 11) is 0. The zero-order valence-electron chi connectivity index (χ0n) is 11.7. The summed E-state index contributed by atoms with van der Waals surface area (Å²) in [6.45, 7) is 2.92. The van der Waals surface area contributed by atoms with E-state index in [1.165, 1.54) is 10.9 Å². The number of nitrogens with one attached hydrogen (secondary N) is 1. The molecule has 1 amide bonds. The number of aliphatic hydroxyl groups is 1. The van der Waals surface area contributed by atoms with Gasteiger partial charge in [0.05, 0.1) is 5.60 Å². The number of H-pyrrole nitrogens is 1. The Morgan fingerprint density at radius 3 is 3.00 bits per heavy atom. The predicted octanol–water partition coefficient (Wildman–Crippen LogP) is 2.08. The summed E-state index contributed by atoms with van der Waals surface area (Å²) in [6.07, 6.45) is 3.89. The van der Waals surface area contributed by atoms with Crippen LogP contribution in [0.3, 0.4) is 0 Å². The molecule has 1 atom stereocenters. The molecule has 3 rings (SSSR count). The minimum Gasteiger partial charge on any atom is -0.388 e. The molecule has 0 aliphatic carbocycles. The highest BCUT2D eigenvalue weighted by atomic mass is 16.3. The molecule has 1 aliphatic heterocycles. The van der Waals surface area contributed by atoms with E-state index >= 15 is 0 Å². The number of aryl methyl sites for hydroxylation is 1. The van der Waals surface area contributed by atoms with Crippen molar-refractivity contribution in [1.82, 2.24) is 9.88 Å². The first-order chi connectivity index (χ1) is 9.55. The second-order valence-electron chi connectivity index (χ2n) is 5.92. The van der Waals surface area contributed by atoms with Crippen molar-refractivity contribution in [2.45, 2.75) is 31.8 Å². The van der Waals surface area contributed by atoms with Gasteiger partial charge < -0.3 is 15.0 Å². The maximum Gasteiger partial charge on any atom is 0.223 e. The molecule has 0 bridgehead atoms. The lowest BCUT2D eigenvalue weighted by Gasteiger charge is -2.18. The number of fused-ring (bicyclic) bond motifs is 1. The third kappa shape index (κ3) is 2.56. The van der Waals surface area contributed by atoms with E-state index in [1.54, 1.807) is 11.8 Å².